The summed E-state index contributed by atoms with van der Waals surface area (Å²) >= 11 is 18.3. The molecule has 1 amide bonds. The van der Waals surface area contributed by atoms with Gasteiger partial charge in [-0.1, -0.05) is 59.3 Å². The Kier molecular flexibility index (Phi) is 6.09. The number of thiocarbonyl (C=S) groups is 1. The third-order valence-electron chi connectivity index (χ3n) is 3.53. The first-order valence-electron chi connectivity index (χ1n) is 7.46. The highest BCUT2D eigenvalue weighted by Gasteiger charge is 2.22. The number of halogens is 2. The van der Waals surface area contributed by atoms with Gasteiger partial charge in [-0.3, -0.25) is 4.79 Å². The van der Waals surface area contributed by atoms with Gasteiger partial charge in [-0.15, -0.1) is 0 Å². The largest absolute Gasteiger partial charge is 0.493 e. The molecule has 0 saturated carbocycles. The molecular weight excluding hydrogens is 413 g/mol. The number of rotatable bonds is 5. The van der Waals surface area contributed by atoms with Gasteiger partial charge in [0.1, 0.15) is 10.9 Å². The van der Waals surface area contributed by atoms with Crippen molar-refractivity contribution < 1.29 is 14.3 Å². The SMILES string of the molecule is COc1cc(C=C2SC(=S)NC2=O)ccc1OCc1ccc(Cl)cc1Cl. The minimum absolute atomic E-state index is 0.198. The number of methoxy groups -OCH3 is 1. The van der Waals surface area contributed by atoms with Crippen LogP contribution in [0.5, 0.6) is 11.5 Å². The maximum atomic E-state index is 11.8. The predicted octanol–water partition coefficient (Wildman–Crippen LogP) is 5.07. The van der Waals surface area contributed by atoms with E-state index in [-0.39, 0.29) is 12.5 Å². The molecule has 1 N–H and O–H groups in total. The summed E-state index contributed by atoms with van der Waals surface area (Å²) in [4.78, 5) is 12.3. The average molecular weight is 426 g/mol. The van der Waals surface area contributed by atoms with Crippen molar-refractivity contribution in [3.8, 4) is 11.5 Å². The van der Waals surface area contributed by atoms with Gasteiger partial charge in [0, 0.05) is 15.6 Å². The molecule has 1 heterocycles. The van der Waals surface area contributed by atoms with Crippen molar-refractivity contribution in [3.05, 3.63) is 62.5 Å². The zero-order valence-corrected chi connectivity index (χ0v) is 16.7. The fourth-order valence-electron chi connectivity index (χ4n) is 2.26. The first kappa shape index (κ1) is 19.0. The number of carbonyl (C=O) groups excluding carboxylic acids is 1. The van der Waals surface area contributed by atoms with Crippen LogP contribution in [0.2, 0.25) is 10.0 Å². The molecule has 1 aliphatic rings. The lowest BCUT2D eigenvalue weighted by Crippen LogP contribution is -2.17. The molecule has 4 nitrogen and oxygen atoms in total. The van der Waals surface area contributed by atoms with Crippen LogP contribution in [0.1, 0.15) is 11.1 Å². The number of thioether (sulfide) groups is 1. The number of hydrogen-bond acceptors (Lipinski definition) is 5. The normalized spacial score (nSPS) is 15.3. The van der Waals surface area contributed by atoms with Crippen molar-refractivity contribution in [3.63, 3.8) is 0 Å². The monoisotopic (exact) mass is 425 g/mol. The number of benzene rings is 2. The fraction of sp³-hybridized carbons (Fsp3) is 0.111. The molecule has 1 saturated heterocycles. The number of hydrogen-bond donors (Lipinski definition) is 1. The molecule has 2 aromatic rings. The van der Waals surface area contributed by atoms with Crippen LogP contribution >= 0.6 is 47.2 Å². The number of amides is 1. The number of ether oxygens (including phenoxy) is 2. The summed E-state index contributed by atoms with van der Waals surface area (Å²) in [7, 11) is 1.56. The molecule has 0 unspecified atom stereocenters. The van der Waals surface area contributed by atoms with E-state index in [9.17, 15) is 4.79 Å². The molecule has 134 valence electrons. The van der Waals surface area contributed by atoms with Crippen LogP contribution in [-0.4, -0.2) is 17.3 Å². The molecule has 0 aliphatic carbocycles. The Hall–Kier alpha value is -1.73. The van der Waals surface area contributed by atoms with Crippen LogP contribution in [0.3, 0.4) is 0 Å². The lowest BCUT2D eigenvalue weighted by Gasteiger charge is -2.12. The van der Waals surface area contributed by atoms with E-state index < -0.39 is 0 Å². The molecule has 1 fully saturated rings. The van der Waals surface area contributed by atoms with Crippen molar-refractivity contribution in [1.29, 1.82) is 0 Å². The summed E-state index contributed by atoms with van der Waals surface area (Å²) in [6.45, 7) is 0.277. The first-order chi connectivity index (χ1) is 12.5. The second-order valence-corrected chi connectivity index (χ2v) is 7.85. The van der Waals surface area contributed by atoms with Crippen molar-refractivity contribution in [2.45, 2.75) is 6.61 Å². The van der Waals surface area contributed by atoms with Gasteiger partial charge in [0.05, 0.1) is 12.0 Å². The Morgan fingerprint density at radius 2 is 2.00 bits per heavy atom. The summed E-state index contributed by atoms with van der Waals surface area (Å²) < 4.78 is 11.7. The molecular formula is C18H13Cl2NO3S2. The van der Waals surface area contributed by atoms with E-state index in [1.165, 1.54) is 11.8 Å². The molecule has 2 aromatic carbocycles. The van der Waals surface area contributed by atoms with Gasteiger partial charge in [0.2, 0.25) is 0 Å². The van der Waals surface area contributed by atoms with Gasteiger partial charge in [-0.05, 0) is 35.9 Å². The first-order valence-corrected chi connectivity index (χ1v) is 9.44. The van der Waals surface area contributed by atoms with E-state index >= 15 is 0 Å². The highest BCUT2D eigenvalue weighted by atomic mass is 35.5. The molecule has 3 rings (SSSR count). The fourth-order valence-corrected chi connectivity index (χ4v) is 3.77. The van der Waals surface area contributed by atoms with Crippen molar-refractivity contribution >= 4 is 63.5 Å². The van der Waals surface area contributed by atoms with Gasteiger partial charge in [0.25, 0.3) is 5.91 Å². The van der Waals surface area contributed by atoms with Crippen molar-refractivity contribution in [2.24, 2.45) is 0 Å². The minimum atomic E-state index is -0.198. The van der Waals surface area contributed by atoms with Crippen LogP contribution in [0, 0.1) is 0 Å². The molecule has 8 heteroatoms. The Morgan fingerprint density at radius 1 is 1.19 bits per heavy atom. The molecule has 0 atom stereocenters. The lowest BCUT2D eigenvalue weighted by molar-refractivity contribution is -0.115. The number of carbonyl (C=O) groups is 1. The molecule has 0 spiro atoms. The predicted molar refractivity (Wildman–Crippen MR) is 110 cm³/mol. The van der Waals surface area contributed by atoms with Crippen LogP contribution in [-0.2, 0) is 11.4 Å². The summed E-state index contributed by atoms with van der Waals surface area (Å²) in [5.74, 6) is 0.923. The summed E-state index contributed by atoms with van der Waals surface area (Å²) in [5.41, 5.74) is 1.62. The Morgan fingerprint density at radius 3 is 2.65 bits per heavy atom. The van der Waals surface area contributed by atoms with Gasteiger partial charge < -0.3 is 14.8 Å². The van der Waals surface area contributed by atoms with E-state index in [1.807, 2.05) is 12.1 Å². The van der Waals surface area contributed by atoms with E-state index in [0.29, 0.717) is 30.8 Å². The highest BCUT2D eigenvalue weighted by Crippen LogP contribution is 2.32. The summed E-state index contributed by atoms with van der Waals surface area (Å²) in [6, 6.07) is 10.7. The topological polar surface area (TPSA) is 47.6 Å². The standard InChI is InChI=1S/C18H13Cl2NO3S2/c1-23-15-6-10(7-16-17(22)21-18(25)26-16)2-5-14(15)24-9-11-3-4-12(19)8-13(11)20/h2-8H,9H2,1H3,(H,21,22,25). The summed E-state index contributed by atoms with van der Waals surface area (Å²) in [5, 5.41) is 3.70. The van der Waals surface area contributed by atoms with E-state index in [1.54, 1.807) is 37.5 Å². The Bertz CT molecular complexity index is 915. The van der Waals surface area contributed by atoms with E-state index in [2.05, 4.69) is 5.32 Å². The zero-order valence-electron chi connectivity index (χ0n) is 13.5. The van der Waals surface area contributed by atoms with Gasteiger partial charge in [0.15, 0.2) is 11.5 Å². The van der Waals surface area contributed by atoms with Gasteiger partial charge in [-0.25, -0.2) is 0 Å². The second-order valence-electron chi connectivity index (χ2n) is 5.29. The highest BCUT2D eigenvalue weighted by molar-refractivity contribution is 8.26. The number of nitrogens with one attached hydrogen (secondary N) is 1. The Labute approximate surface area is 170 Å². The maximum absolute atomic E-state index is 11.8. The smallest absolute Gasteiger partial charge is 0.263 e. The lowest BCUT2D eigenvalue weighted by atomic mass is 10.2. The average Bonchev–Trinajstić information content (AvgIpc) is 2.92. The molecule has 0 aromatic heterocycles. The van der Waals surface area contributed by atoms with Crippen molar-refractivity contribution in [1.82, 2.24) is 5.32 Å². The third kappa shape index (κ3) is 4.51. The second kappa shape index (κ2) is 8.31. The van der Waals surface area contributed by atoms with Crippen LogP contribution < -0.4 is 14.8 Å². The zero-order chi connectivity index (χ0) is 18.7. The molecule has 0 radical (unpaired) electrons. The molecule has 0 bridgehead atoms. The molecule has 1 aliphatic heterocycles. The van der Waals surface area contributed by atoms with Gasteiger partial charge in [-0.2, -0.15) is 0 Å². The molecule has 26 heavy (non-hydrogen) atoms. The quantitative estimate of drug-likeness (QED) is 0.535. The van der Waals surface area contributed by atoms with Crippen LogP contribution in [0.4, 0.5) is 0 Å². The van der Waals surface area contributed by atoms with E-state index in [0.717, 1.165) is 11.1 Å². The summed E-state index contributed by atoms with van der Waals surface area (Å²) in [6.07, 6.45) is 1.75. The maximum Gasteiger partial charge on any atom is 0.263 e. The van der Waals surface area contributed by atoms with Gasteiger partial charge >= 0.3 is 0 Å². The van der Waals surface area contributed by atoms with E-state index in [4.69, 9.17) is 44.9 Å². The van der Waals surface area contributed by atoms with Crippen LogP contribution in [0.15, 0.2) is 41.3 Å². The van der Waals surface area contributed by atoms with Crippen molar-refractivity contribution in [2.75, 3.05) is 7.11 Å². The Balaban J connectivity index is 1.77. The third-order valence-corrected chi connectivity index (χ3v) is 5.28. The van der Waals surface area contributed by atoms with Crippen LogP contribution in [0.25, 0.3) is 6.08 Å². The minimum Gasteiger partial charge on any atom is -0.493 e.